The molecule has 2 aliphatic carbocycles. The number of oxazole rings is 1. The number of rotatable bonds is 9. The zero-order valence-electron chi connectivity index (χ0n) is 25.7. The smallest absolute Gasteiger partial charge is 0.407 e. The van der Waals surface area contributed by atoms with Gasteiger partial charge in [0.2, 0.25) is 0 Å². The number of nitrogens with one attached hydrogen (secondary N) is 1. The van der Waals surface area contributed by atoms with E-state index in [1.54, 1.807) is 24.5 Å². The van der Waals surface area contributed by atoms with Crippen LogP contribution in [0.25, 0.3) is 11.3 Å². The Morgan fingerprint density at radius 3 is 2.51 bits per heavy atom. The number of nitrogens with zero attached hydrogens (tertiary/aromatic N) is 4. The molecule has 2 fully saturated rings. The number of anilines is 1. The Hall–Kier alpha value is -3.95. The maximum Gasteiger partial charge on any atom is 0.407 e. The van der Waals surface area contributed by atoms with Gasteiger partial charge in [0.25, 0.3) is 5.91 Å². The lowest BCUT2D eigenvalue weighted by Gasteiger charge is -2.40. The summed E-state index contributed by atoms with van der Waals surface area (Å²) in [7, 11) is 3.18. The first-order chi connectivity index (χ1) is 20.9. The highest BCUT2D eigenvalue weighted by Crippen LogP contribution is 2.39. The van der Waals surface area contributed by atoms with Crippen LogP contribution >= 0.6 is 0 Å². The van der Waals surface area contributed by atoms with E-state index in [0.29, 0.717) is 49.1 Å². The molecule has 10 heteroatoms. The van der Waals surface area contributed by atoms with Crippen molar-refractivity contribution < 1.29 is 23.5 Å². The lowest BCUT2D eigenvalue weighted by atomic mass is 9.79. The average Bonchev–Trinajstić information content (AvgIpc) is 3.54. The number of ether oxygens (including phenoxy) is 2. The van der Waals surface area contributed by atoms with E-state index in [1.165, 1.54) is 7.05 Å². The van der Waals surface area contributed by atoms with E-state index >= 15 is 0 Å². The van der Waals surface area contributed by atoms with Gasteiger partial charge in [-0.3, -0.25) is 14.7 Å². The van der Waals surface area contributed by atoms with Crippen LogP contribution in [0.1, 0.15) is 87.9 Å². The highest BCUT2D eigenvalue weighted by molar-refractivity contribution is 6.00. The van der Waals surface area contributed by atoms with Gasteiger partial charge in [-0.1, -0.05) is 13.3 Å². The number of alkyl carbamates (subject to hydrolysis) is 1. The molecule has 0 bridgehead atoms. The van der Waals surface area contributed by atoms with Crippen molar-refractivity contribution in [2.75, 3.05) is 25.6 Å². The number of aromatic nitrogens is 3. The summed E-state index contributed by atoms with van der Waals surface area (Å²) in [6.45, 7) is 4.46. The quantitative estimate of drug-likeness (QED) is 0.305. The molecule has 5 rings (SSSR count). The van der Waals surface area contributed by atoms with E-state index in [-0.39, 0.29) is 11.8 Å². The second-order valence-corrected chi connectivity index (χ2v) is 11.7. The molecule has 3 aromatic rings. The normalized spacial score (nSPS) is 19.8. The van der Waals surface area contributed by atoms with Crippen LogP contribution in [-0.4, -0.2) is 53.3 Å². The summed E-state index contributed by atoms with van der Waals surface area (Å²) in [4.78, 5) is 42.9. The molecule has 0 atom stereocenters. The molecule has 2 saturated carbocycles. The minimum atomic E-state index is -1.22. The number of carbonyl (C=O) groups is 2. The summed E-state index contributed by atoms with van der Waals surface area (Å²) in [6.07, 6.45) is 11.0. The first-order valence-corrected chi connectivity index (χ1v) is 15.5. The Morgan fingerprint density at radius 1 is 1.09 bits per heavy atom. The Balaban J connectivity index is 1.41. The highest BCUT2D eigenvalue weighted by atomic mass is 16.6. The molecule has 2 aliphatic rings. The van der Waals surface area contributed by atoms with Crippen LogP contribution in [0.5, 0.6) is 5.75 Å². The van der Waals surface area contributed by atoms with E-state index in [0.717, 1.165) is 67.6 Å². The second kappa shape index (κ2) is 13.6. The van der Waals surface area contributed by atoms with Gasteiger partial charge in [0, 0.05) is 43.4 Å². The monoisotopic (exact) mass is 589 g/mol. The molecule has 1 N–H and O–H groups in total. The standard InChI is InChI=1S/C33H43N5O5/c1-5-30-37-27(21-42-30)25-15-18-35-29(19-25)38(31(39)33(43-32(40)34-3)16-7-6-8-17-33)20-23-9-11-24(12-10-23)26-13-14-28(41-4)22(2)36-26/h13-15,18-19,21,23-24H,5-12,16-17,20H2,1-4H3,(H,34,40). The number of hydrogen-bond acceptors (Lipinski definition) is 8. The molecular formula is C33H43N5O5. The van der Waals surface area contributed by atoms with Crippen LogP contribution < -0.4 is 15.0 Å². The summed E-state index contributed by atoms with van der Waals surface area (Å²) < 4.78 is 16.9. The molecule has 0 saturated heterocycles. The van der Waals surface area contributed by atoms with Crippen molar-refractivity contribution in [1.29, 1.82) is 0 Å². The van der Waals surface area contributed by atoms with E-state index in [9.17, 15) is 9.59 Å². The Kier molecular flexibility index (Phi) is 9.62. The van der Waals surface area contributed by atoms with Gasteiger partial charge in [-0.2, -0.15) is 0 Å². The van der Waals surface area contributed by atoms with Crippen molar-refractivity contribution in [2.24, 2.45) is 5.92 Å². The minimum Gasteiger partial charge on any atom is -0.495 e. The Morgan fingerprint density at radius 2 is 1.86 bits per heavy atom. The van der Waals surface area contributed by atoms with Crippen molar-refractivity contribution in [1.82, 2.24) is 20.3 Å². The molecule has 0 aromatic carbocycles. The number of methoxy groups -OCH3 is 1. The molecule has 0 unspecified atom stereocenters. The van der Waals surface area contributed by atoms with Gasteiger partial charge in [0.15, 0.2) is 11.5 Å². The van der Waals surface area contributed by atoms with E-state index in [1.807, 2.05) is 32.0 Å². The topological polar surface area (TPSA) is 120 Å². The van der Waals surface area contributed by atoms with Gasteiger partial charge < -0.3 is 19.2 Å². The molecule has 0 aliphatic heterocycles. The predicted octanol–water partition coefficient (Wildman–Crippen LogP) is 6.38. The van der Waals surface area contributed by atoms with E-state index in [4.69, 9.17) is 18.9 Å². The third kappa shape index (κ3) is 6.84. The van der Waals surface area contributed by atoms with Crippen molar-refractivity contribution in [3.8, 4) is 17.0 Å². The molecule has 10 nitrogen and oxygen atoms in total. The van der Waals surface area contributed by atoms with E-state index < -0.39 is 11.7 Å². The fraction of sp³-hybridized carbons (Fsp3) is 0.545. The van der Waals surface area contributed by atoms with E-state index in [2.05, 4.69) is 21.4 Å². The first-order valence-electron chi connectivity index (χ1n) is 15.5. The number of amides is 2. The number of pyridine rings is 2. The van der Waals surface area contributed by atoms with Gasteiger partial charge >= 0.3 is 6.09 Å². The molecule has 3 heterocycles. The lowest BCUT2D eigenvalue weighted by Crippen LogP contribution is -2.55. The third-order valence-corrected chi connectivity index (χ3v) is 8.94. The molecule has 0 radical (unpaired) electrons. The molecular weight excluding hydrogens is 546 g/mol. The van der Waals surface area contributed by atoms with Crippen LogP contribution in [0, 0.1) is 12.8 Å². The van der Waals surface area contributed by atoms with Gasteiger partial charge in [0.05, 0.1) is 12.8 Å². The van der Waals surface area contributed by atoms with Crippen molar-refractivity contribution >= 4 is 17.8 Å². The van der Waals surface area contributed by atoms with Crippen LogP contribution in [-0.2, 0) is 16.0 Å². The van der Waals surface area contributed by atoms with Crippen LogP contribution in [0.2, 0.25) is 0 Å². The van der Waals surface area contributed by atoms with Gasteiger partial charge in [0.1, 0.15) is 23.5 Å². The number of carbonyl (C=O) groups excluding carboxylic acids is 2. The molecule has 230 valence electrons. The Bertz CT molecular complexity index is 1410. The zero-order chi connectivity index (χ0) is 30.4. The third-order valence-electron chi connectivity index (χ3n) is 8.94. The molecule has 43 heavy (non-hydrogen) atoms. The average molecular weight is 590 g/mol. The van der Waals surface area contributed by atoms with Gasteiger partial charge in [-0.05, 0) is 88.5 Å². The Labute approximate surface area is 253 Å². The highest BCUT2D eigenvalue weighted by Gasteiger charge is 2.47. The van der Waals surface area contributed by atoms with Crippen LogP contribution in [0.4, 0.5) is 10.6 Å². The summed E-state index contributed by atoms with van der Waals surface area (Å²) in [5.41, 5.74) is 2.29. The summed E-state index contributed by atoms with van der Waals surface area (Å²) >= 11 is 0. The maximum atomic E-state index is 14.6. The van der Waals surface area contributed by atoms with Crippen molar-refractivity contribution in [3.63, 3.8) is 0 Å². The summed E-state index contributed by atoms with van der Waals surface area (Å²) in [5.74, 6) is 2.42. The summed E-state index contributed by atoms with van der Waals surface area (Å²) in [6, 6.07) is 7.83. The van der Waals surface area contributed by atoms with Crippen molar-refractivity contribution in [2.45, 2.75) is 89.6 Å². The molecule has 2 amide bonds. The molecule has 0 spiro atoms. The van der Waals surface area contributed by atoms with Crippen LogP contribution in [0.3, 0.4) is 0 Å². The fourth-order valence-electron chi connectivity index (χ4n) is 6.48. The largest absolute Gasteiger partial charge is 0.495 e. The maximum absolute atomic E-state index is 14.6. The lowest BCUT2D eigenvalue weighted by molar-refractivity contribution is -0.140. The fourth-order valence-corrected chi connectivity index (χ4v) is 6.48. The molecule has 3 aromatic heterocycles. The van der Waals surface area contributed by atoms with Crippen LogP contribution in [0.15, 0.2) is 41.1 Å². The van der Waals surface area contributed by atoms with Gasteiger partial charge in [-0.15, -0.1) is 0 Å². The predicted molar refractivity (Wildman–Crippen MR) is 163 cm³/mol. The zero-order valence-corrected chi connectivity index (χ0v) is 25.7. The number of aryl methyl sites for hydroxylation is 2. The summed E-state index contributed by atoms with van der Waals surface area (Å²) in [5, 5.41) is 2.54. The minimum absolute atomic E-state index is 0.204. The first kappa shape index (κ1) is 30.5. The second-order valence-electron chi connectivity index (χ2n) is 11.7. The van der Waals surface area contributed by atoms with Gasteiger partial charge in [-0.25, -0.2) is 14.8 Å². The number of hydrogen-bond donors (Lipinski definition) is 1. The van der Waals surface area contributed by atoms with Crippen molar-refractivity contribution in [3.05, 3.63) is 54.0 Å². The SMILES string of the molecule is CCc1nc(-c2ccnc(N(CC3CCC(c4ccc(OC)c(C)n4)CC3)C(=O)C3(OC(=O)NC)CCCCC3)c2)co1.